The number of carbonyl (C=O) groups excluding carboxylic acids is 2. The quantitative estimate of drug-likeness (QED) is 0.923. The normalized spacial score (nSPS) is 23.1. The molecule has 2 amide bonds. The van der Waals surface area contributed by atoms with Gasteiger partial charge in [0, 0.05) is 24.5 Å². The third-order valence-corrected chi connectivity index (χ3v) is 4.88. The van der Waals surface area contributed by atoms with Gasteiger partial charge in [-0.15, -0.1) is 11.3 Å². The first kappa shape index (κ1) is 15.0. The molecule has 2 heterocycles. The van der Waals surface area contributed by atoms with Crippen molar-refractivity contribution in [2.75, 3.05) is 6.54 Å². The summed E-state index contributed by atoms with van der Waals surface area (Å²) >= 11 is 1.54. The lowest BCUT2D eigenvalue weighted by Gasteiger charge is -2.30. The first-order valence-corrected chi connectivity index (χ1v) is 7.91. The van der Waals surface area contributed by atoms with Crippen LogP contribution in [-0.4, -0.2) is 34.3 Å². The van der Waals surface area contributed by atoms with Crippen LogP contribution in [0.5, 0.6) is 0 Å². The monoisotopic (exact) mass is 295 g/mol. The minimum absolute atomic E-state index is 0.00731. The van der Waals surface area contributed by atoms with E-state index in [1.54, 1.807) is 11.1 Å². The molecule has 1 fully saturated rings. The smallest absolute Gasteiger partial charge is 0.246 e. The van der Waals surface area contributed by atoms with E-state index in [4.69, 9.17) is 0 Å². The van der Waals surface area contributed by atoms with Gasteiger partial charge < -0.3 is 10.2 Å². The Hall–Kier alpha value is -1.43. The molecule has 0 saturated carbocycles. The molecule has 0 aromatic carbocycles. The van der Waals surface area contributed by atoms with Gasteiger partial charge in [0.15, 0.2) is 0 Å². The van der Waals surface area contributed by atoms with Crippen molar-refractivity contribution >= 4 is 23.2 Å². The summed E-state index contributed by atoms with van der Waals surface area (Å²) in [6.07, 6.45) is 2.96. The van der Waals surface area contributed by atoms with E-state index in [1.807, 2.05) is 26.2 Å². The molecule has 2 rings (SSSR count). The van der Waals surface area contributed by atoms with Crippen molar-refractivity contribution in [1.82, 2.24) is 15.2 Å². The average Bonchev–Trinajstić information content (AvgIpc) is 2.93. The summed E-state index contributed by atoms with van der Waals surface area (Å²) < 4.78 is 0. The summed E-state index contributed by atoms with van der Waals surface area (Å²) in [5.74, 6) is 0.0981. The van der Waals surface area contributed by atoms with Crippen LogP contribution in [0.4, 0.5) is 0 Å². The van der Waals surface area contributed by atoms with Crippen LogP contribution in [0.15, 0.2) is 11.6 Å². The van der Waals surface area contributed by atoms with Gasteiger partial charge in [-0.25, -0.2) is 4.98 Å². The molecule has 1 saturated heterocycles. The van der Waals surface area contributed by atoms with Crippen molar-refractivity contribution in [2.45, 2.75) is 45.7 Å². The van der Waals surface area contributed by atoms with Gasteiger partial charge in [-0.1, -0.05) is 20.3 Å². The molecule has 1 aromatic heterocycles. The Morgan fingerprint density at radius 3 is 2.85 bits per heavy atom. The molecule has 5 nitrogen and oxygen atoms in total. The highest BCUT2D eigenvalue weighted by Crippen LogP contribution is 2.25. The molecule has 110 valence electrons. The van der Waals surface area contributed by atoms with Crippen molar-refractivity contribution in [2.24, 2.45) is 5.92 Å². The molecule has 20 heavy (non-hydrogen) atoms. The highest BCUT2D eigenvalue weighted by molar-refractivity contribution is 7.09. The average molecular weight is 295 g/mol. The molecule has 3 unspecified atom stereocenters. The number of hydrogen-bond donors (Lipinski definition) is 1. The molecular weight excluding hydrogens is 274 g/mol. The molecule has 0 spiro atoms. The van der Waals surface area contributed by atoms with Crippen LogP contribution in [-0.2, 0) is 9.59 Å². The summed E-state index contributed by atoms with van der Waals surface area (Å²) in [4.78, 5) is 30.6. The highest BCUT2D eigenvalue weighted by Gasteiger charge is 2.35. The fourth-order valence-electron chi connectivity index (χ4n) is 2.40. The van der Waals surface area contributed by atoms with Gasteiger partial charge in [0.1, 0.15) is 11.0 Å². The van der Waals surface area contributed by atoms with E-state index in [9.17, 15) is 9.59 Å². The third-order valence-electron chi connectivity index (χ3n) is 3.93. The molecule has 1 aliphatic heterocycles. The van der Waals surface area contributed by atoms with Crippen molar-refractivity contribution in [1.29, 1.82) is 0 Å². The van der Waals surface area contributed by atoms with Crippen molar-refractivity contribution in [3.8, 4) is 0 Å². The minimum atomic E-state index is -0.419. The van der Waals surface area contributed by atoms with Gasteiger partial charge in [-0.05, 0) is 12.8 Å². The van der Waals surface area contributed by atoms with Gasteiger partial charge in [-0.2, -0.15) is 0 Å². The fraction of sp³-hybridized carbons (Fsp3) is 0.643. The summed E-state index contributed by atoms with van der Waals surface area (Å²) in [5, 5.41) is 5.68. The maximum Gasteiger partial charge on any atom is 0.246 e. The lowest BCUT2D eigenvalue weighted by molar-refractivity contribution is -0.136. The lowest BCUT2D eigenvalue weighted by atomic mass is 9.98. The Morgan fingerprint density at radius 1 is 1.50 bits per heavy atom. The molecule has 3 atom stereocenters. The van der Waals surface area contributed by atoms with E-state index in [2.05, 4.69) is 10.3 Å². The van der Waals surface area contributed by atoms with Crippen LogP contribution in [0, 0.1) is 5.92 Å². The van der Waals surface area contributed by atoms with E-state index >= 15 is 0 Å². The van der Waals surface area contributed by atoms with Crippen LogP contribution in [0.3, 0.4) is 0 Å². The number of rotatable bonds is 4. The summed E-state index contributed by atoms with van der Waals surface area (Å²) in [6.45, 7) is 6.46. The van der Waals surface area contributed by atoms with E-state index in [1.165, 1.54) is 11.3 Å². The molecule has 1 N–H and O–H groups in total. The van der Waals surface area contributed by atoms with E-state index < -0.39 is 6.04 Å². The number of amides is 2. The van der Waals surface area contributed by atoms with Gasteiger partial charge in [0.2, 0.25) is 11.8 Å². The first-order valence-electron chi connectivity index (χ1n) is 7.03. The Morgan fingerprint density at radius 2 is 2.25 bits per heavy atom. The lowest BCUT2D eigenvalue weighted by Crippen LogP contribution is -2.48. The van der Waals surface area contributed by atoms with Gasteiger partial charge in [-0.3, -0.25) is 9.59 Å². The molecular formula is C14H21N3O2S. The van der Waals surface area contributed by atoms with E-state index in [0.29, 0.717) is 13.0 Å². The van der Waals surface area contributed by atoms with Gasteiger partial charge in [0.25, 0.3) is 0 Å². The third kappa shape index (κ3) is 3.00. The zero-order chi connectivity index (χ0) is 14.7. The minimum Gasteiger partial charge on any atom is -0.344 e. The standard InChI is InChI=1S/C14H21N3O2S/c1-4-9(2)12-14(19)17(7-5-11(18)16-12)10(3)13-15-6-8-20-13/h6,8-10,12H,4-5,7H2,1-3H3,(H,16,18). The maximum atomic E-state index is 12.7. The van der Waals surface area contributed by atoms with Crippen molar-refractivity contribution < 1.29 is 9.59 Å². The van der Waals surface area contributed by atoms with E-state index in [-0.39, 0.29) is 23.8 Å². The summed E-state index contributed by atoms with van der Waals surface area (Å²) in [6, 6.07) is -0.501. The van der Waals surface area contributed by atoms with Crippen molar-refractivity contribution in [3.05, 3.63) is 16.6 Å². The topological polar surface area (TPSA) is 62.3 Å². The van der Waals surface area contributed by atoms with E-state index in [0.717, 1.165) is 11.4 Å². The fourth-order valence-corrected chi connectivity index (χ4v) is 3.11. The first-order chi connectivity index (χ1) is 9.54. The van der Waals surface area contributed by atoms with Gasteiger partial charge in [0.05, 0.1) is 6.04 Å². The molecule has 1 aliphatic rings. The van der Waals surface area contributed by atoms with Crippen LogP contribution in [0.25, 0.3) is 0 Å². The zero-order valence-corrected chi connectivity index (χ0v) is 12.9. The number of nitrogens with one attached hydrogen (secondary N) is 1. The zero-order valence-electron chi connectivity index (χ0n) is 12.1. The highest BCUT2D eigenvalue weighted by atomic mass is 32.1. The summed E-state index contributed by atoms with van der Waals surface area (Å²) in [7, 11) is 0. The molecule has 0 bridgehead atoms. The number of thiazole rings is 1. The van der Waals surface area contributed by atoms with Crippen LogP contribution >= 0.6 is 11.3 Å². The second-order valence-electron chi connectivity index (χ2n) is 5.26. The maximum absolute atomic E-state index is 12.7. The Labute approximate surface area is 123 Å². The molecule has 0 radical (unpaired) electrons. The predicted octanol–water partition coefficient (Wildman–Crippen LogP) is 1.97. The Kier molecular flexibility index (Phi) is 4.75. The number of hydrogen-bond acceptors (Lipinski definition) is 4. The van der Waals surface area contributed by atoms with Crippen molar-refractivity contribution in [3.63, 3.8) is 0 Å². The number of nitrogens with zero attached hydrogens (tertiary/aromatic N) is 2. The molecule has 0 aliphatic carbocycles. The Balaban J connectivity index is 2.23. The van der Waals surface area contributed by atoms with Crippen LogP contribution in [0.2, 0.25) is 0 Å². The van der Waals surface area contributed by atoms with Gasteiger partial charge >= 0.3 is 0 Å². The summed E-state index contributed by atoms with van der Waals surface area (Å²) in [5.41, 5.74) is 0. The SMILES string of the molecule is CCC(C)C1NC(=O)CCN(C(C)c2nccs2)C1=O. The molecule has 6 heteroatoms. The second-order valence-corrected chi connectivity index (χ2v) is 6.18. The number of aromatic nitrogens is 1. The predicted molar refractivity (Wildman–Crippen MR) is 78.2 cm³/mol. The number of carbonyl (C=O) groups is 2. The second kappa shape index (κ2) is 6.35. The van der Waals surface area contributed by atoms with Crippen LogP contribution < -0.4 is 5.32 Å². The Bertz CT molecular complexity index is 475. The molecule has 1 aromatic rings. The van der Waals surface area contributed by atoms with Crippen LogP contribution in [0.1, 0.15) is 44.7 Å². The largest absolute Gasteiger partial charge is 0.344 e.